The van der Waals surface area contributed by atoms with Crippen LogP contribution >= 0.6 is 11.6 Å². The van der Waals surface area contributed by atoms with Crippen LogP contribution < -0.4 is 5.32 Å². The third kappa shape index (κ3) is 3.20. The Kier molecular flexibility index (Phi) is 4.41. The van der Waals surface area contributed by atoms with E-state index in [-0.39, 0.29) is 11.9 Å². The molecule has 1 aromatic carbocycles. The fraction of sp³-hybridized carbons (Fsp3) is 0.571. The average molecular weight is 256 g/mol. The lowest BCUT2D eigenvalue weighted by molar-refractivity contribution is 0.262. The van der Waals surface area contributed by atoms with E-state index in [2.05, 4.69) is 12.2 Å². The number of hydrogen-bond acceptors (Lipinski definition) is 1. The van der Waals surface area contributed by atoms with Gasteiger partial charge in [0.25, 0.3) is 0 Å². The topological polar surface area (TPSA) is 12.0 Å². The zero-order chi connectivity index (χ0) is 12.3. The molecule has 0 saturated heterocycles. The molecular formula is C14H19ClFN. The van der Waals surface area contributed by atoms with Gasteiger partial charge in [-0.05, 0) is 42.6 Å². The Bertz CT molecular complexity index is 376. The maximum Gasteiger partial charge on any atom is 0.123 e. The van der Waals surface area contributed by atoms with E-state index in [1.54, 1.807) is 12.1 Å². The summed E-state index contributed by atoms with van der Waals surface area (Å²) in [6.45, 7) is 2.95. The van der Waals surface area contributed by atoms with Crippen molar-refractivity contribution in [2.45, 2.75) is 38.6 Å². The zero-order valence-electron chi connectivity index (χ0n) is 10.2. The van der Waals surface area contributed by atoms with E-state index >= 15 is 0 Å². The van der Waals surface area contributed by atoms with Crippen molar-refractivity contribution in [2.75, 3.05) is 6.54 Å². The van der Waals surface area contributed by atoms with Crippen molar-refractivity contribution >= 4 is 11.6 Å². The third-order valence-corrected chi connectivity index (χ3v) is 3.92. The molecule has 0 amide bonds. The van der Waals surface area contributed by atoms with Crippen molar-refractivity contribution < 1.29 is 4.39 Å². The smallest absolute Gasteiger partial charge is 0.123 e. The average Bonchev–Trinajstić information content (AvgIpc) is 2.25. The van der Waals surface area contributed by atoms with E-state index in [0.29, 0.717) is 5.02 Å². The van der Waals surface area contributed by atoms with Crippen LogP contribution in [0.25, 0.3) is 0 Å². The van der Waals surface area contributed by atoms with Gasteiger partial charge < -0.3 is 5.32 Å². The van der Waals surface area contributed by atoms with Crippen LogP contribution in [-0.4, -0.2) is 6.54 Å². The number of hydrogen-bond donors (Lipinski definition) is 1. The molecule has 1 aliphatic rings. The molecule has 1 fully saturated rings. The van der Waals surface area contributed by atoms with Gasteiger partial charge in [0.05, 0.1) is 0 Å². The van der Waals surface area contributed by atoms with Crippen LogP contribution in [-0.2, 0) is 0 Å². The monoisotopic (exact) mass is 255 g/mol. The molecule has 0 radical (unpaired) electrons. The maximum atomic E-state index is 13.3. The molecule has 1 aliphatic carbocycles. The van der Waals surface area contributed by atoms with Gasteiger partial charge in [-0.1, -0.05) is 37.8 Å². The van der Waals surface area contributed by atoms with Crippen LogP contribution in [0.5, 0.6) is 0 Å². The molecule has 0 aromatic heterocycles. The predicted octanol–water partition coefficient (Wildman–Crippen LogP) is 4.32. The van der Waals surface area contributed by atoms with Gasteiger partial charge in [-0.15, -0.1) is 0 Å². The molecule has 1 nitrogen and oxygen atoms in total. The van der Waals surface area contributed by atoms with Crippen molar-refractivity contribution in [3.63, 3.8) is 0 Å². The minimum atomic E-state index is -0.207. The highest BCUT2D eigenvalue weighted by Gasteiger charge is 2.24. The largest absolute Gasteiger partial charge is 0.310 e. The van der Waals surface area contributed by atoms with E-state index in [4.69, 9.17) is 11.6 Å². The minimum absolute atomic E-state index is 0.188. The quantitative estimate of drug-likeness (QED) is 0.826. The molecule has 0 spiro atoms. The van der Waals surface area contributed by atoms with Gasteiger partial charge in [0.2, 0.25) is 0 Å². The van der Waals surface area contributed by atoms with E-state index in [0.717, 1.165) is 24.4 Å². The zero-order valence-corrected chi connectivity index (χ0v) is 10.9. The summed E-state index contributed by atoms with van der Waals surface area (Å²) >= 11 is 6.16. The van der Waals surface area contributed by atoms with Crippen molar-refractivity contribution in [1.29, 1.82) is 0 Å². The van der Waals surface area contributed by atoms with Crippen LogP contribution in [0.4, 0.5) is 4.39 Å². The second-order valence-electron chi connectivity index (χ2n) is 4.81. The summed E-state index contributed by atoms with van der Waals surface area (Å²) in [7, 11) is 0. The normalized spacial score (nSPS) is 17.8. The maximum absolute atomic E-state index is 13.3. The summed E-state index contributed by atoms with van der Waals surface area (Å²) in [5, 5.41) is 4.08. The summed E-state index contributed by atoms with van der Waals surface area (Å²) in [4.78, 5) is 0. The summed E-state index contributed by atoms with van der Waals surface area (Å²) in [6, 6.07) is 4.82. The van der Waals surface area contributed by atoms with Gasteiger partial charge in [0.1, 0.15) is 5.82 Å². The number of halogens is 2. The van der Waals surface area contributed by atoms with Gasteiger partial charge >= 0.3 is 0 Å². The number of benzene rings is 1. The molecule has 94 valence electrons. The Morgan fingerprint density at radius 3 is 2.82 bits per heavy atom. The van der Waals surface area contributed by atoms with Gasteiger partial charge in [0, 0.05) is 11.1 Å². The molecule has 0 bridgehead atoms. The Balaban J connectivity index is 2.14. The van der Waals surface area contributed by atoms with E-state index in [1.165, 1.54) is 25.3 Å². The standard InChI is InChI=1S/C14H19ClFN/c1-2-17-14(8-10-4-3-5-10)12-9-11(16)6-7-13(12)15/h6-7,9-10,14,17H,2-5,8H2,1H3. The van der Waals surface area contributed by atoms with Crippen LogP contribution in [0.15, 0.2) is 18.2 Å². The molecule has 1 saturated carbocycles. The second-order valence-corrected chi connectivity index (χ2v) is 5.22. The first-order chi connectivity index (χ1) is 8.20. The highest BCUT2D eigenvalue weighted by atomic mass is 35.5. The van der Waals surface area contributed by atoms with E-state index in [9.17, 15) is 4.39 Å². The summed E-state index contributed by atoms with van der Waals surface area (Å²) in [5.74, 6) is 0.569. The van der Waals surface area contributed by atoms with Gasteiger partial charge in [0.15, 0.2) is 0 Å². The SMILES string of the molecule is CCNC(CC1CCC1)c1cc(F)ccc1Cl. The molecule has 17 heavy (non-hydrogen) atoms. The fourth-order valence-electron chi connectivity index (χ4n) is 2.41. The van der Waals surface area contributed by atoms with Crippen molar-refractivity contribution in [1.82, 2.24) is 5.32 Å². The highest BCUT2D eigenvalue weighted by Crippen LogP contribution is 2.36. The Morgan fingerprint density at radius 1 is 1.47 bits per heavy atom. The second kappa shape index (κ2) is 5.83. The highest BCUT2D eigenvalue weighted by molar-refractivity contribution is 6.31. The lowest BCUT2D eigenvalue weighted by Crippen LogP contribution is -2.26. The number of rotatable bonds is 5. The van der Waals surface area contributed by atoms with Crippen molar-refractivity contribution in [2.24, 2.45) is 5.92 Å². The molecule has 1 N–H and O–H groups in total. The first kappa shape index (κ1) is 12.8. The summed E-state index contributed by atoms with van der Waals surface area (Å²) < 4.78 is 13.3. The van der Waals surface area contributed by atoms with Crippen LogP contribution in [0.2, 0.25) is 5.02 Å². The minimum Gasteiger partial charge on any atom is -0.310 e. The van der Waals surface area contributed by atoms with Crippen LogP contribution in [0.3, 0.4) is 0 Å². The Labute approximate surface area is 107 Å². The Morgan fingerprint density at radius 2 is 2.24 bits per heavy atom. The summed E-state index contributed by atoms with van der Waals surface area (Å²) in [5.41, 5.74) is 0.903. The lowest BCUT2D eigenvalue weighted by Gasteiger charge is -2.30. The first-order valence-electron chi connectivity index (χ1n) is 6.39. The predicted molar refractivity (Wildman–Crippen MR) is 69.8 cm³/mol. The fourth-order valence-corrected chi connectivity index (χ4v) is 2.66. The molecule has 1 atom stereocenters. The molecule has 3 heteroatoms. The third-order valence-electron chi connectivity index (χ3n) is 3.58. The van der Waals surface area contributed by atoms with Gasteiger partial charge in [-0.25, -0.2) is 4.39 Å². The number of nitrogens with one attached hydrogen (secondary N) is 1. The van der Waals surface area contributed by atoms with Crippen LogP contribution in [0.1, 0.15) is 44.2 Å². The van der Waals surface area contributed by atoms with E-state index in [1.807, 2.05) is 0 Å². The molecule has 0 heterocycles. The molecule has 2 rings (SSSR count). The van der Waals surface area contributed by atoms with Gasteiger partial charge in [-0.2, -0.15) is 0 Å². The lowest BCUT2D eigenvalue weighted by atomic mass is 9.79. The van der Waals surface area contributed by atoms with Crippen LogP contribution in [0, 0.1) is 11.7 Å². The molecule has 1 unspecified atom stereocenters. The van der Waals surface area contributed by atoms with Gasteiger partial charge in [-0.3, -0.25) is 0 Å². The molecule has 0 aliphatic heterocycles. The Hall–Kier alpha value is -0.600. The summed E-state index contributed by atoms with van der Waals surface area (Å²) in [6.07, 6.45) is 5.00. The van der Waals surface area contributed by atoms with E-state index < -0.39 is 0 Å². The van der Waals surface area contributed by atoms with Crippen molar-refractivity contribution in [3.8, 4) is 0 Å². The first-order valence-corrected chi connectivity index (χ1v) is 6.76. The molecular weight excluding hydrogens is 237 g/mol. The van der Waals surface area contributed by atoms with Crippen molar-refractivity contribution in [3.05, 3.63) is 34.6 Å². The molecule has 1 aromatic rings.